The van der Waals surface area contributed by atoms with Gasteiger partial charge in [-0.3, -0.25) is 0 Å². The molecule has 18 heavy (non-hydrogen) atoms. The molecule has 1 N–H and O–H groups in total. The van der Waals surface area contributed by atoms with Crippen LogP contribution in [-0.4, -0.2) is 19.8 Å². The molecule has 0 saturated heterocycles. The first kappa shape index (κ1) is 17.7. The van der Waals surface area contributed by atoms with E-state index in [0.717, 1.165) is 44.2 Å². The summed E-state index contributed by atoms with van der Waals surface area (Å²) in [7, 11) is 0. The maximum Gasteiger partial charge on any atom is 0.0478 e. The minimum Gasteiger partial charge on any atom is -0.381 e. The number of rotatable bonds is 9. The summed E-state index contributed by atoms with van der Waals surface area (Å²) < 4.78 is 5.48. The van der Waals surface area contributed by atoms with E-state index >= 15 is 0 Å². The summed E-state index contributed by atoms with van der Waals surface area (Å²) in [6.45, 7) is 5.82. The second kappa shape index (κ2) is 11.8. The van der Waals surface area contributed by atoms with Crippen molar-refractivity contribution in [3.63, 3.8) is 0 Å². The molecule has 0 heterocycles. The number of halogens is 2. The summed E-state index contributed by atoms with van der Waals surface area (Å²) in [5.41, 5.74) is 1.27. The number of unbranched alkanes of at least 4 members (excludes halogenated alkanes) is 1. The summed E-state index contributed by atoms with van der Waals surface area (Å²) in [6.07, 6.45) is 3.43. The number of benzene rings is 1. The monoisotopic (exact) mass is 291 g/mol. The lowest BCUT2D eigenvalue weighted by Gasteiger charge is -2.06. The molecule has 1 aromatic carbocycles. The maximum absolute atomic E-state index is 5.82. The molecule has 0 aliphatic heterocycles. The third kappa shape index (κ3) is 8.76. The second-order valence-electron chi connectivity index (χ2n) is 4.12. The van der Waals surface area contributed by atoms with Gasteiger partial charge in [-0.25, -0.2) is 0 Å². The van der Waals surface area contributed by atoms with Crippen molar-refractivity contribution in [2.75, 3.05) is 19.8 Å². The lowest BCUT2D eigenvalue weighted by molar-refractivity contribution is 0.129. The molecule has 1 aromatic rings. The van der Waals surface area contributed by atoms with Crippen LogP contribution in [0.3, 0.4) is 0 Å². The molecule has 4 heteroatoms. The van der Waals surface area contributed by atoms with Crippen LogP contribution in [0.1, 0.15) is 31.7 Å². The van der Waals surface area contributed by atoms with Crippen molar-refractivity contribution >= 4 is 24.0 Å². The summed E-state index contributed by atoms with van der Waals surface area (Å²) in [6, 6.07) is 7.94. The van der Waals surface area contributed by atoms with E-state index in [-0.39, 0.29) is 12.4 Å². The Morgan fingerprint density at radius 2 is 1.78 bits per heavy atom. The number of ether oxygens (including phenoxy) is 1. The van der Waals surface area contributed by atoms with E-state index in [1.54, 1.807) is 0 Å². The van der Waals surface area contributed by atoms with Crippen molar-refractivity contribution in [2.24, 2.45) is 0 Å². The highest BCUT2D eigenvalue weighted by atomic mass is 35.5. The van der Waals surface area contributed by atoms with Crippen LogP contribution in [0.4, 0.5) is 0 Å². The van der Waals surface area contributed by atoms with E-state index in [4.69, 9.17) is 16.3 Å². The van der Waals surface area contributed by atoms with Gasteiger partial charge < -0.3 is 10.1 Å². The van der Waals surface area contributed by atoms with Crippen LogP contribution >= 0.6 is 24.0 Å². The highest BCUT2D eigenvalue weighted by Gasteiger charge is 1.93. The Balaban J connectivity index is 0.00000289. The van der Waals surface area contributed by atoms with Gasteiger partial charge in [-0.15, -0.1) is 12.4 Å². The van der Waals surface area contributed by atoms with Crippen molar-refractivity contribution in [3.05, 3.63) is 34.9 Å². The average Bonchev–Trinajstić information content (AvgIpc) is 2.35. The van der Waals surface area contributed by atoms with Crippen molar-refractivity contribution in [1.29, 1.82) is 0 Å². The fraction of sp³-hybridized carbons (Fsp3) is 0.571. The lowest BCUT2D eigenvalue weighted by atomic mass is 10.2. The number of nitrogens with one attached hydrogen (secondary N) is 1. The third-order valence-electron chi connectivity index (χ3n) is 2.53. The highest BCUT2D eigenvalue weighted by molar-refractivity contribution is 6.30. The first-order chi connectivity index (χ1) is 8.33. The van der Waals surface area contributed by atoms with Gasteiger partial charge in [0, 0.05) is 24.8 Å². The molecular formula is C14H23Cl2NO. The third-order valence-corrected chi connectivity index (χ3v) is 2.78. The molecule has 0 spiro atoms. The zero-order valence-corrected chi connectivity index (χ0v) is 12.5. The first-order valence-electron chi connectivity index (χ1n) is 6.36. The zero-order valence-electron chi connectivity index (χ0n) is 11.0. The zero-order chi connectivity index (χ0) is 12.3. The van der Waals surface area contributed by atoms with Gasteiger partial charge in [0.25, 0.3) is 0 Å². The molecule has 0 aliphatic rings. The Morgan fingerprint density at radius 3 is 2.44 bits per heavy atom. The van der Waals surface area contributed by atoms with Gasteiger partial charge >= 0.3 is 0 Å². The van der Waals surface area contributed by atoms with Crippen LogP contribution < -0.4 is 5.32 Å². The minimum atomic E-state index is 0. The van der Waals surface area contributed by atoms with E-state index in [2.05, 4.69) is 12.2 Å². The van der Waals surface area contributed by atoms with Crippen LogP contribution in [0.15, 0.2) is 24.3 Å². The Morgan fingerprint density at radius 1 is 1.11 bits per heavy atom. The molecule has 0 saturated carbocycles. The van der Waals surface area contributed by atoms with Gasteiger partial charge in [-0.2, -0.15) is 0 Å². The van der Waals surface area contributed by atoms with Crippen LogP contribution in [0.5, 0.6) is 0 Å². The van der Waals surface area contributed by atoms with Gasteiger partial charge in [0.05, 0.1) is 0 Å². The summed E-state index contributed by atoms with van der Waals surface area (Å²) in [5.74, 6) is 0. The topological polar surface area (TPSA) is 21.3 Å². The van der Waals surface area contributed by atoms with Crippen molar-refractivity contribution < 1.29 is 4.74 Å². The van der Waals surface area contributed by atoms with Crippen LogP contribution in [-0.2, 0) is 11.3 Å². The second-order valence-corrected chi connectivity index (χ2v) is 4.56. The Labute approximate surface area is 121 Å². The molecule has 0 unspecified atom stereocenters. The summed E-state index contributed by atoms with van der Waals surface area (Å²) in [5, 5.41) is 4.18. The van der Waals surface area contributed by atoms with E-state index in [0.29, 0.717) is 0 Å². The molecule has 0 fully saturated rings. The van der Waals surface area contributed by atoms with Crippen molar-refractivity contribution in [1.82, 2.24) is 5.32 Å². The molecule has 0 amide bonds. The molecule has 1 rings (SSSR count). The largest absolute Gasteiger partial charge is 0.381 e. The van der Waals surface area contributed by atoms with Gasteiger partial charge in [0.15, 0.2) is 0 Å². The quantitative estimate of drug-likeness (QED) is 0.693. The van der Waals surface area contributed by atoms with Gasteiger partial charge in [-0.05, 0) is 37.1 Å². The van der Waals surface area contributed by atoms with Gasteiger partial charge in [0.2, 0.25) is 0 Å². The fourth-order valence-electron chi connectivity index (χ4n) is 1.48. The minimum absolute atomic E-state index is 0. The smallest absolute Gasteiger partial charge is 0.0478 e. The number of hydrogen-bond donors (Lipinski definition) is 1. The fourth-order valence-corrected chi connectivity index (χ4v) is 1.61. The molecule has 0 radical (unpaired) electrons. The summed E-state index contributed by atoms with van der Waals surface area (Å²) >= 11 is 5.82. The molecule has 0 aliphatic carbocycles. The molecular weight excluding hydrogens is 269 g/mol. The van der Waals surface area contributed by atoms with Crippen LogP contribution in [0, 0.1) is 0 Å². The molecule has 0 aromatic heterocycles. The SMILES string of the molecule is CCCCOCCCNCc1ccc(Cl)cc1.Cl. The summed E-state index contributed by atoms with van der Waals surface area (Å²) in [4.78, 5) is 0. The van der Waals surface area contributed by atoms with Gasteiger partial charge in [0.1, 0.15) is 0 Å². The molecule has 2 nitrogen and oxygen atoms in total. The Kier molecular flexibility index (Phi) is 11.6. The standard InChI is InChI=1S/C14H22ClNO.ClH/c1-2-3-10-17-11-4-9-16-12-13-5-7-14(15)8-6-13;/h5-8,16H,2-4,9-12H2,1H3;1H. The van der Waals surface area contributed by atoms with Crippen molar-refractivity contribution in [2.45, 2.75) is 32.7 Å². The first-order valence-corrected chi connectivity index (χ1v) is 6.73. The normalized spacial score (nSPS) is 10.1. The average molecular weight is 292 g/mol. The number of hydrogen-bond acceptors (Lipinski definition) is 2. The maximum atomic E-state index is 5.82. The van der Waals surface area contributed by atoms with E-state index < -0.39 is 0 Å². The Hall–Kier alpha value is -0.280. The van der Waals surface area contributed by atoms with Crippen LogP contribution in [0.2, 0.25) is 5.02 Å². The van der Waals surface area contributed by atoms with E-state index in [9.17, 15) is 0 Å². The van der Waals surface area contributed by atoms with Crippen LogP contribution in [0.25, 0.3) is 0 Å². The van der Waals surface area contributed by atoms with Crippen molar-refractivity contribution in [3.8, 4) is 0 Å². The predicted octanol–water partition coefficient (Wildman–Crippen LogP) is 4.06. The highest BCUT2D eigenvalue weighted by Crippen LogP contribution is 2.08. The molecule has 104 valence electrons. The predicted molar refractivity (Wildman–Crippen MR) is 80.8 cm³/mol. The Bertz CT molecular complexity index is 290. The molecule has 0 bridgehead atoms. The van der Waals surface area contributed by atoms with Gasteiger partial charge in [-0.1, -0.05) is 37.1 Å². The van der Waals surface area contributed by atoms with E-state index in [1.165, 1.54) is 12.0 Å². The van der Waals surface area contributed by atoms with E-state index in [1.807, 2.05) is 24.3 Å². The lowest BCUT2D eigenvalue weighted by Crippen LogP contribution is -2.16. The molecule has 0 atom stereocenters.